The summed E-state index contributed by atoms with van der Waals surface area (Å²) < 4.78 is 16.1. The second-order valence-electron chi connectivity index (χ2n) is 5.75. The molecule has 0 saturated heterocycles. The Morgan fingerprint density at radius 3 is 2.31 bits per heavy atom. The first-order chi connectivity index (χ1) is 12.3. The molecular formula is C19H20ClNO5. The minimum Gasteiger partial charge on any atom is -0.493 e. The number of nitrogens with two attached hydrogens (primary N) is 1. The molecular weight excluding hydrogens is 358 g/mol. The fourth-order valence-electron chi connectivity index (χ4n) is 2.28. The molecule has 0 aliphatic heterocycles. The molecule has 0 radical (unpaired) electrons. The van der Waals surface area contributed by atoms with Crippen molar-refractivity contribution in [3.8, 4) is 11.5 Å². The summed E-state index contributed by atoms with van der Waals surface area (Å²) in [6.07, 6.45) is -1.34. The number of amides is 1. The van der Waals surface area contributed by atoms with Crippen LogP contribution < -0.4 is 15.2 Å². The van der Waals surface area contributed by atoms with Gasteiger partial charge in [-0.15, -0.1) is 0 Å². The lowest BCUT2D eigenvalue weighted by Crippen LogP contribution is -2.26. The van der Waals surface area contributed by atoms with Crippen molar-refractivity contribution < 1.29 is 23.8 Å². The van der Waals surface area contributed by atoms with Crippen LogP contribution in [0.4, 0.5) is 0 Å². The minimum absolute atomic E-state index is 0.116. The van der Waals surface area contributed by atoms with E-state index in [4.69, 9.17) is 31.5 Å². The molecule has 1 atom stereocenters. The Labute approximate surface area is 156 Å². The maximum atomic E-state index is 12.5. The molecule has 0 aromatic heterocycles. The fourth-order valence-corrected chi connectivity index (χ4v) is 2.54. The second kappa shape index (κ2) is 8.58. The molecule has 2 rings (SSSR count). The first-order valence-electron chi connectivity index (χ1n) is 7.93. The van der Waals surface area contributed by atoms with Crippen molar-refractivity contribution >= 4 is 23.5 Å². The molecule has 138 valence electrons. The molecule has 2 N–H and O–H groups in total. The van der Waals surface area contributed by atoms with Crippen molar-refractivity contribution in [2.45, 2.75) is 26.1 Å². The largest absolute Gasteiger partial charge is 0.493 e. The number of methoxy groups -OCH3 is 1. The molecule has 1 unspecified atom stereocenters. The molecule has 26 heavy (non-hydrogen) atoms. The third-order valence-corrected chi connectivity index (χ3v) is 3.69. The molecule has 0 aliphatic carbocycles. The van der Waals surface area contributed by atoms with E-state index in [1.165, 1.54) is 19.2 Å². The lowest BCUT2D eigenvalue weighted by atomic mass is 10.1. The highest BCUT2D eigenvalue weighted by molar-refractivity contribution is 6.32. The van der Waals surface area contributed by atoms with Gasteiger partial charge in [0.15, 0.2) is 11.5 Å². The molecule has 0 saturated carbocycles. The predicted molar refractivity (Wildman–Crippen MR) is 97.6 cm³/mol. The van der Waals surface area contributed by atoms with Crippen LogP contribution in [0.25, 0.3) is 0 Å². The molecule has 0 fully saturated rings. The number of halogens is 1. The van der Waals surface area contributed by atoms with Crippen molar-refractivity contribution in [3.05, 3.63) is 58.6 Å². The number of benzene rings is 2. The van der Waals surface area contributed by atoms with Crippen molar-refractivity contribution in [1.29, 1.82) is 0 Å². The SMILES string of the molecule is COc1cc(C(=O)OC(C(N)=O)c2ccccc2)cc(Cl)c1OC(C)C. The Morgan fingerprint density at radius 1 is 1.12 bits per heavy atom. The predicted octanol–water partition coefficient (Wildman–Crippen LogP) is 3.52. The van der Waals surface area contributed by atoms with E-state index in [1.54, 1.807) is 30.3 Å². The van der Waals surface area contributed by atoms with Crippen LogP contribution in [0.3, 0.4) is 0 Å². The average Bonchev–Trinajstić information content (AvgIpc) is 2.61. The monoisotopic (exact) mass is 377 g/mol. The summed E-state index contributed by atoms with van der Waals surface area (Å²) in [4.78, 5) is 24.2. The minimum atomic E-state index is -1.21. The first-order valence-corrected chi connectivity index (χ1v) is 8.30. The van der Waals surface area contributed by atoms with Crippen LogP contribution in [0, 0.1) is 0 Å². The normalized spacial score (nSPS) is 11.7. The third kappa shape index (κ3) is 4.67. The highest BCUT2D eigenvalue weighted by Gasteiger charge is 2.25. The standard InChI is InChI=1S/C19H20ClNO5/c1-11(2)25-17-14(20)9-13(10-15(17)24-3)19(23)26-16(18(21)22)12-7-5-4-6-8-12/h4-11,16H,1-3H3,(H2,21,22). The number of primary amides is 1. The number of rotatable bonds is 7. The van der Waals surface area contributed by atoms with E-state index in [0.29, 0.717) is 11.3 Å². The number of hydrogen-bond acceptors (Lipinski definition) is 5. The van der Waals surface area contributed by atoms with Gasteiger partial charge in [0.2, 0.25) is 6.10 Å². The van der Waals surface area contributed by atoms with Crippen molar-refractivity contribution in [2.24, 2.45) is 5.73 Å². The van der Waals surface area contributed by atoms with Crippen LogP contribution in [0.5, 0.6) is 11.5 Å². The van der Waals surface area contributed by atoms with Crippen molar-refractivity contribution in [1.82, 2.24) is 0 Å². The fraction of sp³-hybridized carbons (Fsp3) is 0.263. The molecule has 0 spiro atoms. The van der Waals surface area contributed by atoms with E-state index in [1.807, 2.05) is 13.8 Å². The zero-order valence-corrected chi connectivity index (χ0v) is 15.4. The smallest absolute Gasteiger partial charge is 0.339 e. The molecule has 0 aliphatic rings. The number of ether oxygens (including phenoxy) is 3. The van der Waals surface area contributed by atoms with Crippen LogP contribution in [0.15, 0.2) is 42.5 Å². The van der Waals surface area contributed by atoms with E-state index < -0.39 is 18.0 Å². The Hall–Kier alpha value is -2.73. The van der Waals surface area contributed by atoms with Crippen LogP contribution in [-0.4, -0.2) is 25.1 Å². The number of esters is 1. The highest BCUT2D eigenvalue weighted by atomic mass is 35.5. The zero-order chi connectivity index (χ0) is 19.3. The number of carbonyl (C=O) groups is 2. The summed E-state index contributed by atoms with van der Waals surface area (Å²) in [7, 11) is 1.43. The van der Waals surface area contributed by atoms with Crippen LogP contribution in [-0.2, 0) is 9.53 Å². The van der Waals surface area contributed by atoms with Gasteiger partial charge in [0, 0.05) is 5.56 Å². The van der Waals surface area contributed by atoms with Gasteiger partial charge in [-0.25, -0.2) is 4.79 Å². The Kier molecular flexibility index (Phi) is 6.46. The van der Waals surface area contributed by atoms with Gasteiger partial charge in [-0.1, -0.05) is 41.9 Å². The van der Waals surface area contributed by atoms with E-state index >= 15 is 0 Å². The molecule has 2 aromatic rings. The number of hydrogen-bond donors (Lipinski definition) is 1. The van der Waals surface area contributed by atoms with Crippen LogP contribution in [0.2, 0.25) is 5.02 Å². The average molecular weight is 378 g/mol. The molecule has 6 nitrogen and oxygen atoms in total. The van der Waals surface area contributed by atoms with E-state index in [2.05, 4.69) is 0 Å². The zero-order valence-electron chi connectivity index (χ0n) is 14.7. The lowest BCUT2D eigenvalue weighted by Gasteiger charge is -2.18. The molecule has 1 amide bonds. The van der Waals surface area contributed by atoms with E-state index in [0.717, 1.165) is 0 Å². The second-order valence-corrected chi connectivity index (χ2v) is 6.16. The molecule has 7 heteroatoms. The van der Waals surface area contributed by atoms with Gasteiger partial charge in [0.25, 0.3) is 5.91 Å². The maximum absolute atomic E-state index is 12.5. The Bertz CT molecular complexity index is 792. The maximum Gasteiger partial charge on any atom is 0.339 e. The van der Waals surface area contributed by atoms with Crippen molar-refractivity contribution in [2.75, 3.05) is 7.11 Å². The summed E-state index contributed by atoms with van der Waals surface area (Å²) >= 11 is 6.21. The highest BCUT2D eigenvalue weighted by Crippen LogP contribution is 2.37. The van der Waals surface area contributed by atoms with Crippen LogP contribution >= 0.6 is 11.6 Å². The molecule has 0 bridgehead atoms. The summed E-state index contributed by atoms with van der Waals surface area (Å²) in [5.74, 6) is -0.917. The summed E-state index contributed by atoms with van der Waals surface area (Å²) in [6, 6.07) is 11.4. The van der Waals surface area contributed by atoms with E-state index in [9.17, 15) is 9.59 Å². The van der Waals surface area contributed by atoms with E-state index in [-0.39, 0.29) is 22.4 Å². The topological polar surface area (TPSA) is 87.9 Å². The molecule has 0 heterocycles. The summed E-state index contributed by atoms with van der Waals surface area (Å²) in [6.45, 7) is 3.69. The summed E-state index contributed by atoms with van der Waals surface area (Å²) in [5.41, 5.74) is 5.97. The Balaban J connectivity index is 2.31. The van der Waals surface area contributed by atoms with Gasteiger partial charge in [0.1, 0.15) is 0 Å². The van der Waals surface area contributed by atoms with Gasteiger partial charge < -0.3 is 19.9 Å². The third-order valence-electron chi connectivity index (χ3n) is 3.40. The lowest BCUT2D eigenvalue weighted by molar-refractivity contribution is -0.127. The van der Waals surface area contributed by atoms with Gasteiger partial charge in [-0.2, -0.15) is 0 Å². The first kappa shape index (κ1) is 19.6. The van der Waals surface area contributed by atoms with Gasteiger partial charge in [0.05, 0.1) is 23.8 Å². The molecule has 2 aromatic carbocycles. The van der Waals surface area contributed by atoms with Crippen LogP contribution in [0.1, 0.15) is 35.9 Å². The Morgan fingerprint density at radius 2 is 1.77 bits per heavy atom. The quantitative estimate of drug-likeness (QED) is 0.746. The van der Waals surface area contributed by atoms with Gasteiger partial charge in [-0.3, -0.25) is 4.79 Å². The number of carbonyl (C=O) groups excluding carboxylic acids is 2. The van der Waals surface area contributed by atoms with Gasteiger partial charge in [-0.05, 0) is 26.0 Å². The summed E-state index contributed by atoms with van der Waals surface area (Å²) in [5, 5.41) is 0.195. The van der Waals surface area contributed by atoms with Gasteiger partial charge >= 0.3 is 5.97 Å². The van der Waals surface area contributed by atoms with Crippen molar-refractivity contribution in [3.63, 3.8) is 0 Å².